The van der Waals surface area contributed by atoms with Crippen molar-refractivity contribution in [2.24, 2.45) is 5.41 Å². The first-order chi connectivity index (χ1) is 4.97. The summed E-state index contributed by atoms with van der Waals surface area (Å²) in [6.07, 6.45) is 0.802. The summed E-state index contributed by atoms with van der Waals surface area (Å²) in [6.45, 7) is 2.82. The van der Waals surface area contributed by atoms with Gasteiger partial charge in [0.25, 0.3) is 0 Å². The van der Waals surface area contributed by atoms with Crippen LogP contribution in [0.15, 0.2) is 0 Å². The van der Waals surface area contributed by atoms with Crippen LogP contribution in [0.25, 0.3) is 0 Å². The lowest BCUT2D eigenvalue weighted by Gasteiger charge is -2.20. The van der Waals surface area contributed by atoms with E-state index in [0.29, 0.717) is 11.5 Å². The van der Waals surface area contributed by atoms with Crippen molar-refractivity contribution < 1.29 is 8.42 Å². The van der Waals surface area contributed by atoms with Crippen LogP contribution >= 0.6 is 0 Å². The molecule has 0 aliphatic carbocycles. The van der Waals surface area contributed by atoms with Crippen molar-refractivity contribution in [2.45, 2.75) is 13.3 Å². The second-order valence-corrected chi connectivity index (χ2v) is 5.87. The van der Waals surface area contributed by atoms with Crippen LogP contribution in [-0.2, 0) is 9.84 Å². The normalized spacial score (nSPS) is 35.8. The van der Waals surface area contributed by atoms with Gasteiger partial charge in [-0.2, -0.15) is 0 Å². The molecular weight excluding hydrogens is 162 g/mol. The maximum absolute atomic E-state index is 11.1. The quantitative estimate of drug-likeness (QED) is 0.647. The van der Waals surface area contributed by atoms with Gasteiger partial charge in [-0.05, 0) is 18.9 Å². The summed E-state index contributed by atoms with van der Waals surface area (Å²) < 4.78 is 22.2. The van der Waals surface area contributed by atoms with Crippen LogP contribution in [0.4, 0.5) is 0 Å². The Morgan fingerprint density at radius 2 is 2.18 bits per heavy atom. The maximum atomic E-state index is 11.1. The molecule has 0 amide bonds. The van der Waals surface area contributed by atoms with Gasteiger partial charge < -0.3 is 5.32 Å². The average Bonchev–Trinajstić information content (AvgIpc) is 2.07. The predicted octanol–water partition coefficient (Wildman–Crippen LogP) is 0.0306. The number of sulfone groups is 1. The summed E-state index contributed by atoms with van der Waals surface area (Å²) in [5.41, 5.74) is -0.0203. The molecule has 0 aromatic heterocycles. The molecule has 0 bridgehead atoms. The Labute approximate surface area is 68.1 Å². The van der Waals surface area contributed by atoms with Gasteiger partial charge in [-0.25, -0.2) is 8.42 Å². The molecule has 1 N–H and O–H groups in total. The second kappa shape index (κ2) is 2.75. The first-order valence-corrected chi connectivity index (χ1v) is 5.65. The lowest BCUT2D eigenvalue weighted by Crippen LogP contribution is -2.30. The van der Waals surface area contributed by atoms with Gasteiger partial charge >= 0.3 is 0 Å². The van der Waals surface area contributed by atoms with Crippen LogP contribution in [0, 0.1) is 5.41 Å². The topological polar surface area (TPSA) is 46.2 Å². The highest BCUT2D eigenvalue weighted by atomic mass is 32.2. The summed E-state index contributed by atoms with van der Waals surface area (Å²) in [7, 11) is -0.859. The summed E-state index contributed by atoms with van der Waals surface area (Å²) in [4.78, 5) is 0. The van der Waals surface area contributed by atoms with E-state index in [0.717, 1.165) is 13.0 Å². The third kappa shape index (κ3) is 2.17. The smallest absolute Gasteiger partial charge is 0.150 e. The van der Waals surface area contributed by atoms with E-state index in [-0.39, 0.29) is 5.41 Å². The van der Waals surface area contributed by atoms with Gasteiger partial charge in [0.15, 0.2) is 9.84 Å². The monoisotopic (exact) mass is 177 g/mol. The van der Waals surface area contributed by atoms with Crippen LogP contribution < -0.4 is 5.32 Å². The summed E-state index contributed by atoms with van der Waals surface area (Å²) in [5.74, 6) is 0.714. The van der Waals surface area contributed by atoms with Crippen molar-refractivity contribution in [1.82, 2.24) is 5.32 Å². The Morgan fingerprint density at radius 3 is 2.55 bits per heavy atom. The van der Waals surface area contributed by atoms with Gasteiger partial charge in [-0.3, -0.25) is 0 Å². The molecule has 0 saturated carbocycles. The minimum Gasteiger partial charge on any atom is -0.319 e. The fourth-order valence-electron chi connectivity index (χ4n) is 1.64. The standard InChI is InChI=1S/C7H15NO2S/c1-7(5-8-2)3-4-11(9,10)6-7/h8H,3-6H2,1-2H3. The number of hydrogen-bond acceptors (Lipinski definition) is 3. The third-order valence-corrected chi connectivity index (χ3v) is 4.15. The molecule has 0 radical (unpaired) electrons. The van der Waals surface area contributed by atoms with E-state index in [2.05, 4.69) is 5.32 Å². The molecule has 66 valence electrons. The molecule has 1 rings (SSSR count). The summed E-state index contributed by atoms with van der Waals surface area (Å²) in [5, 5.41) is 3.02. The second-order valence-electron chi connectivity index (χ2n) is 3.68. The number of rotatable bonds is 2. The molecule has 1 atom stereocenters. The molecule has 1 saturated heterocycles. The highest BCUT2D eigenvalue weighted by molar-refractivity contribution is 7.91. The van der Waals surface area contributed by atoms with Gasteiger partial charge in [-0.1, -0.05) is 6.92 Å². The van der Waals surface area contributed by atoms with Gasteiger partial charge in [0.05, 0.1) is 11.5 Å². The van der Waals surface area contributed by atoms with Crippen molar-refractivity contribution in [3.63, 3.8) is 0 Å². The molecule has 3 nitrogen and oxygen atoms in total. The summed E-state index contributed by atoms with van der Waals surface area (Å²) in [6, 6.07) is 0. The summed E-state index contributed by atoms with van der Waals surface area (Å²) >= 11 is 0. The molecule has 1 aliphatic heterocycles. The van der Waals surface area contributed by atoms with Crippen molar-refractivity contribution in [3.05, 3.63) is 0 Å². The molecule has 0 aromatic rings. The third-order valence-electron chi connectivity index (χ3n) is 2.19. The highest BCUT2D eigenvalue weighted by Crippen LogP contribution is 2.30. The number of nitrogens with one attached hydrogen (secondary N) is 1. The van der Waals surface area contributed by atoms with Crippen LogP contribution in [0.3, 0.4) is 0 Å². The van der Waals surface area contributed by atoms with Gasteiger partial charge in [0.1, 0.15) is 0 Å². The Hall–Kier alpha value is -0.0900. The lowest BCUT2D eigenvalue weighted by atomic mass is 9.90. The van der Waals surface area contributed by atoms with Crippen LogP contribution in [0.5, 0.6) is 0 Å². The molecule has 11 heavy (non-hydrogen) atoms. The Balaban J connectivity index is 2.65. The fraction of sp³-hybridized carbons (Fsp3) is 1.00. The van der Waals surface area contributed by atoms with E-state index in [4.69, 9.17) is 0 Å². The molecular formula is C7H15NO2S. The molecule has 1 unspecified atom stereocenters. The number of hydrogen-bond donors (Lipinski definition) is 1. The molecule has 1 heterocycles. The van der Waals surface area contributed by atoms with E-state index >= 15 is 0 Å². The van der Waals surface area contributed by atoms with Crippen LogP contribution in [0.2, 0.25) is 0 Å². The Morgan fingerprint density at radius 1 is 1.55 bits per heavy atom. The van der Waals surface area contributed by atoms with E-state index in [1.54, 1.807) is 0 Å². The SMILES string of the molecule is CNCC1(C)CCS(=O)(=O)C1. The van der Waals surface area contributed by atoms with Gasteiger partial charge in [0.2, 0.25) is 0 Å². The first-order valence-electron chi connectivity index (χ1n) is 3.82. The van der Waals surface area contributed by atoms with Crippen molar-refractivity contribution >= 4 is 9.84 Å². The molecule has 0 aromatic carbocycles. The maximum Gasteiger partial charge on any atom is 0.150 e. The van der Waals surface area contributed by atoms with Gasteiger partial charge in [-0.15, -0.1) is 0 Å². The van der Waals surface area contributed by atoms with Crippen molar-refractivity contribution in [1.29, 1.82) is 0 Å². The lowest BCUT2D eigenvalue weighted by molar-refractivity contribution is 0.363. The Kier molecular flexibility index (Phi) is 2.25. The molecule has 1 fully saturated rings. The predicted molar refractivity (Wildman–Crippen MR) is 45.3 cm³/mol. The minimum absolute atomic E-state index is 0.0203. The zero-order valence-corrected chi connectivity index (χ0v) is 7.87. The largest absolute Gasteiger partial charge is 0.319 e. The first kappa shape index (κ1) is 9.00. The van der Waals surface area contributed by atoms with E-state index in [9.17, 15) is 8.42 Å². The van der Waals surface area contributed by atoms with Crippen LogP contribution in [0.1, 0.15) is 13.3 Å². The molecule has 0 spiro atoms. The molecule has 1 aliphatic rings. The van der Waals surface area contributed by atoms with Crippen molar-refractivity contribution in [3.8, 4) is 0 Å². The van der Waals surface area contributed by atoms with Crippen molar-refractivity contribution in [2.75, 3.05) is 25.1 Å². The fourth-order valence-corrected chi connectivity index (χ4v) is 3.90. The average molecular weight is 177 g/mol. The zero-order chi connectivity index (χ0) is 8.54. The van der Waals surface area contributed by atoms with Crippen LogP contribution in [-0.4, -0.2) is 33.5 Å². The highest BCUT2D eigenvalue weighted by Gasteiger charge is 2.37. The van der Waals surface area contributed by atoms with E-state index in [1.165, 1.54) is 0 Å². The minimum atomic E-state index is -2.72. The van der Waals surface area contributed by atoms with Gasteiger partial charge in [0, 0.05) is 6.54 Å². The molecule has 4 heteroatoms. The van der Waals surface area contributed by atoms with E-state index < -0.39 is 9.84 Å². The van der Waals surface area contributed by atoms with E-state index in [1.807, 2.05) is 14.0 Å². The zero-order valence-electron chi connectivity index (χ0n) is 7.05. The Bertz CT molecular complexity index is 235.